The van der Waals surface area contributed by atoms with Crippen molar-refractivity contribution in [2.24, 2.45) is 0 Å². The number of halogens is 2. The Morgan fingerprint density at radius 1 is 1.04 bits per heavy atom. The zero-order chi connectivity index (χ0) is 17.0. The number of ether oxygens (including phenoxy) is 1. The van der Waals surface area contributed by atoms with Crippen LogP contribution in [0.4, 0.5) is 8.78 Å². The Bertz CT molecular complexity index is 823. The number of sulfonamides is 1. The molecule has 2 N–H and O–H groups in total. The van der Waals surface area contributed by atoms with E-state index in [-0.39, 0.29) is 5.56 Å². The predicted molar refractivity (Wildman–Crippen MR) is 77.1 cm³/mol. The lowest BCUT2D eigenvalue weighted by Crippen LogP contribution is -2.41. The van der Waals surface area contributed by atoms with Gasteiger partial charge in [-0.15, -0.1) is 4.83 Å². The molecule has 2 rings (SSSR count). The number of rotatable bonds is 5. The van der Waals surface area contributed by atoms with Gasteiger partial charge in [0.1, 0.15) is 5.75 Å². The second kappa shape index (κ2) is 6.71. The second-order valence-corrected chi connectivity index (χ2v) is 6.05. The molecule has 0 unspecified atom stereocenters. The number of benzene rings is 2. The van der Waals surface area contributed by atoms with E-state index >= 15 is 0 Å². The molecule has 0 fully saturated rings. The van der Waals surface area contributed by atoms with E-state index in [4.69, 9.17) is 4.74 Å². The predicted octanol–water partition coefficient (Wildman–Crippen LogP) is 1.60. The highest BCUT2D eigenvalue weighted by Crippen LogP contribution is 2.14. The summed E-state index contributed by atoms with van der Waals surface area (Å²) in [4.78, 5) is 13.1. The van der Waals surface area contributed by atoms with E-state index in [1.54, 1.807) is 4.83 Å². The quantitative estimate of drug-likeness (QED) is 0.809. The van der Waals surface area contributed by atoms with Gasteiger partial charge in [-0.3, -0.25) is 10.2 Å². The van der Waals surface area contributed by atoms with E-state index in [2.05, 4.69) is 0 Å². The molecule has 0 aliphatic rings. The zero-order valence-corrected chi connectivity index (χ0v) is 12.7. The largest absolute Gasteiger partial charge is 0.497 e. The maximum Gasteiger partial charge on any atom is 0.266 e. The summed E-state index contributed by atoms with van der Waals surface area (Å²) in [6.07, 6.45) is 0. The number of hydrogen-bond donors (Lipinski definition) is 2. The summed E-state index contributed by atoms with van der Waals surface area (Å²) in [6, 6.07) is 7.98. The van der Waals surface area contributed by atoms with Crippen molar-refractivity contribution in [3.05, 3.63) is 59.7 Å². The maximum atomic E-state index is 13.1. The Labute approximate surface area is 131 Å². The molecule has 0 atom stereocenters. The van der Waals surface area contributed by atoms with Gasteiger partial charge in [0.15, 0.2) is 11.6 Å². The summed E-state index contributed by atoms with van der Waals surface area (Å²) in [7, 11) is -2.77. The average Bonchev–Trinajstić information content (AvgIpc) is 2.55. The molecule has 0 aromatic heterocycles. The fourth-order valence-electron chi connectivity index (χ4n) is 1.63. The van der Waals surface area contributed by atoms with Crippen LogP contribution in [0.3, 0.4) is 0 Å². The first-order chi connectivity index (χ1) is 10.8. The van der Waals surface area contributed by atoms with E-state index in [1.165, 1.54) is 31.4 Å². The SMILES string of the molecule is COc1ccc(C(=O)NNS(=O)(=O)c2ccc(F)c(F)c2)cc1. The van der Waals surface area contributed by atoms with Gasteiger partial charge >= 0.3 is 0 Å². The number of carbonyl (C=O) groups is 1. The molecule has 0 bridgehead atoms. The number of amides is 1. The summed E-state index contributed by atoms with van der Waals surface area (Å²) in [6.45, 7) is 0. The van der Waals surface area contributed by atoms with Crippen molar-refractivity contribution in [2.45, 2.75) is 4.90 Å². The fraction of sp³-hybridized carbons (Fsp3) is 0.0714. The maximum absolute atomic E-state index is 13.1. The lowest BCUT2D eigenvalue weighted by Gasteiger charge is -2.09. The van der Waals surface area contributed by atoms with E-state index < -0.39 is 32.5 Å². The molecule has 0 heterocycles. The van der Waals surface area contributed by atoms with Crippen molar-refractivity contribution < 1.29 is 26.7 Å². The van der Waals surface area contributed by atoms with Crippen LogP contribution in [0, 0.1) is 11.6 Å². The van der Waals surface area contributed by atoms with Crippen molar-refractivity contribution in [2.75, 3.05) is 7.11 Å². The lowest BCUT2D eigenvalue weighted by atomic mass is 10.2. The third-order valence-corrected chi connectivity index (χ3v) is 4.10. The normalized spacial score (nSPS) is 11.1. The van der Waals surface area contributed by atoms with Gasteiger partial charge in [-0.2, -0.15) is 0 Å². The molecule has 0 spiro atoms. The van der Waals surface area contributed by atoms with Crippen LogP contribution in [-0.2, 0) is 10.0 Å². The van der Waals surface area contributed by atoms with E-state index in [9.17, 15) is 22.0 Å². The molecule has 23 heavy (non-hydrogen) atoms. The molecule has 6 nitrogen and oxygen atoms in total. The number of carbonyl (C=O) groups excluding carboxylic acids is 1. The minimum Gasteiger partial charge on any atom is -0.497 e. The molecule has 0 aliphatic carbocycles. The average molecular weight is 342 g/mol. The highest BCUT2D eigenvalue weighted by Gasteiger charge is 2.17. The molecule has 2 aromatic carbocycles. The highest BCUT2D eigenvalue weighted by atomic mass is 32.2. The Balaban J connectivity index is 2.08. The van der Waals surface area contributed by atoms with Crippen molar-refractivity contribution in [1.82, 2.24) is 10.3 Å². The molecule has 0 aliphatic heterocycles. The molecular weight excluding hydrogens is 330 g/mol. The molecule has 9 heteroatoms. The Morgan fingerprint density at radius 2 is 1.70 bits per heavy atom. The molecule has 122 valence electrons. The third-order valence-electron chi connectivity index (χ3n) is 2.85. The van der Waals surface area contributed by atoms with E-state index in [0.717, 1.165) is 6.07 Å². The third kappa shape index (κ3) is 4.02. The smallest absolute Gasteiger partial charge is 0.266 e. The first-order valence-corrected chi connectivity index (χ1v) is 7.73. The van der Waals surface area contributed by atoms with Crippen LogP contribution in [-0.4, -0.2) is 21.4 Å². The first-order valence-electron chi connectivity index (χ1n) is 6.25. The summed E-state index contributed by atoms with van der Waals surface area (Å²) in [5, 5.41) is 0. The Hall–Kier alpha value is -2.52. The van der Waals surface area contributed by atoms with E-state index in [0.29, 0.717) is 17.9 Å². The van der Waals surface area contributed by atoms with Crippen LogP contribution in [0.5, 0.6) is 5.75 Å². The molecule has 0 saturated carbocycles. The molecular formula is C14H12F2N2O4S. The van der Waals surface area contributed by atoms with Crippen LogP contribution in [0.25, 0.3) is 0 Å². The van der Waals surface area contributed by atoms with Crippen molar-refractivity contribution in [1.29, 1.82) is 0 Å². The minimum absolute atomic E-state index is 0.179. The van der Waals surface area contributed by atoms with Crippen molar-refractivity contribution >= 4 is 15.9 Å². The zero-order valence-electron chi connectivity index (χ0n) is 11.8. The van der Waals surface area contributed by atoms with E-state index in [1.807, 2.05) is 5.43 Å². The van der Waals surface area contributed by atoms with Crippen molar-refractivity contribution in [3.8, 4) is 5.75 Å². The van der Waals surface area contributed by atoms with Crippen LogP contribution < -0.4 is 15.0 Å². The van der Waals surface area contributed by atoms with Gasteiger partial charge in [-0.1, -0.05) is 0 Å². The molecule has 1 amide bonds. The minimum atomic E-state index is -4.23. The topological polar surface area (TPSA) is 84.5 Å². The summed E-state index contributed by atoms with van der Waals surface area (Å²) in [5.41, 5.74) is 2.15. The Morgan fingerprint density at radius 3 is 2.26 bits per heavy atom. The van der Waals surface area contributed by atoms with Gasteiger partial charge in [-0.25, -0.2) is 17.2 Å². The van der Waals surface area contributed by atoms with Crippen molar-refractivity contribution in [3.63, 3.8) is 0 Å². The number of hydrazine groups is 1. The molecule has 0 saturated heterocycles. The number of nitrogens with one attached hydrogen (secondary N) is 2. The summed E-state index contributed by atoms with van der Waals surface area (Å²) >= 11 is 0. The lowest BCUT2D eigenvalue weighted by molar-refractivity contribution is 0.0945. The van der Waals surface area contributed by atoms with Gasteiger partial charge in [0, 0.05) is 5.56 Å². The molecule has 2 aromatic rings. The number of methoxy groups -OCH3 is 1. The van der Waals surface area contributed by atoms with Crippen LogP contribution in [0.2, 0.25) is 0 Å². The van der Waals surface area contributed by atoms with Crippen LogP contribution in [0.1, 0.15) is 10.4 Å². The Kier molecular flexibility index (Phi) is 4.92. The number of hydrogen-bond acceptors (Lipinski definition) is 4. The van der Waals surface area contributed by atoms with Gasteiger partial charge in [0.25, 0.3) is 15.9 Å². The van der Waals surface area contributed by atoms with Gasteiger partial charge in [0.2, 0.25) is 0 Å². The monoisotopic (exact) mass is 342 g/mol. The summed E-state index contributed by atoms with van der Waals surface area (Å²) in [5.74, 6) is -2.68. The second-order valence-electron chi connectivity index (χ2n) is 4.36. The van der Waals surface area contributed by atoms with Gasteiger partial charge in [0.05, 0.1) is 12.0 Å². The summed E-state index contributed by atoms with van der Waals surface area (Å²) < 4.78 is 54.6. The fourth-order valence-corrected chi connectivity index (χ4v) is 2.48. The highest BCUT2D eigenvalue weighted by molar-refractivity contribution is 7.89. The van der Waals surface area contributed by atoms with Gasteiger partial charge < -0.3 is 4.74 Å². The standard InChI is InChI=1S/C14H12F2N2O4S/c1-22-10-4-2-9(3-5-10)14(19)17-18-23(20,21)11-6-7-12(15)13(16)8-11/h2-8,18H,1H3,(H,17,19). The molecule has 0 radical (unpaired) electrons. The van der Waals surface area contributed by atoms with Gasteiger partial charge in [-0.05, 0) is 42.5 Å². The van der Waals surface area contributed by atoms with Crippen LogP contribution >= 0.6 is 0 Å². The van der Waals surface area contributed by atoms with Crippen LogP contribution in [0.15, 0.2) is 47.4 Å². The first kappa shape index (κ1) is 16.8.